The molecule has 1 saturated carbocycles. The Balaban J connectivity index is 1.43. The minimum Gasteiger partial charge on any atom is -0.457 e. The molecule has 4 rings (SSSR count). The van der Waals surface area contributed by atoms with Crippen molar-refractivity contribution in [2.45, 2.75) is 29.1 Å². The van der Waals surface area contributed by atoms with Crippen molar-refractivity contribution < 1.29 is 24.0 Å². The number of halogens is 2. The van der Waals surface area contributed by atoms with Gasteiger partial charge >= 0.3 is 5.97 Å². The topological polar surface area (TPSA) is 107 Å². The smallest absolute Gasteiger partial charge is 0.338 e. The number of ether oxygens (including phenoxy) is 1. The number of benzene rings is 2. The molecule has 0 N–H and O–H groups in total. The maximum absolute atomic E-state index is 12.9. The van der Waals surface area contributed by atoms with Gasteiger partial charge in [0.2, 0.25) is 11.8 Å². The van der Waals surface area contributed by atoms with Crippen LogP contribution in [0.25, 0.3) is 0 Å². The molecule has 166 valence electrons. The Kier molecular flexibility index (Phi) is 6.43. The average Bonchev–Trinajstić information content (AvgIpc) is 3.02. The Hall–Kier alpha value is -2.59. The van der Waals surface area contributed by atoms with Crippen LogP contribution in [-0.2, 0) is 20.9 Å². The molecule has 1 heterocycles. The van der Waals surface area contributed by atoms with Crippen molar-refractivity contribution in [3.63, 3.8) is 0 Å². The second kappa shape index (κ2) is 9.11. The number of carbonyl (C=O) groups excluding carboxylic acids is 3. The molecule has 32 heavy (non-hydrogen) atoms. The zero-order valence-electron chi connectivity index (χ0n) is 16.6. The van der Waals surface area contributed by atoms with E-state index >= 15 is 0 Å². The summed E-state index contributed by atoms with van der Waals surface area (Å²) in [6, 6.07) is 11.9. The standard InChI is InChI=1S/C22H18Br2N2O6/c23-18-9-16-17(10-19(18)24)21(28)25(20(16)27)14-6-4-13(5-7-14)22(29)32-11-12-2-1-3-15(8-12)26(30)31/h1-8,16-19H,9-11H2/t16-,17-,18+,19+/m1/s1. The van der Waals surface area contributed by atoms with Gasteiger partial charge in [0.25, 0.3) is 5.69 Å². The van der Waals surface area contributed by atoms with Crippen LogP contribution in [0.4, 0.5) is 11.4 Å². The fourth-order valence-corrected chi connectivity index (χ4v) is 5.33. The number of hydrogen-bond donors (Lipinski definition) is 0. The van der Waals surface area contributed by atoms with E-state index in [0.717, 1.165) is 0 Å². The molecule has 2 aliphatic rings. The first kappa shape index (κ1) is 22.6. The summed E-state index contributed by atoms with van der Waals surface area (Å²) in [6.07, 6.45) is 1.17. The number of non-ortho nitro benzene ring substituents is 1. The van der Waals surface area contributed by atoms with E-state index in [1.54, 1.807) is 18.2 Å². The summed E-state index contributed by atoms with van der Waals surface area (Å²) in [4.78, 5) is 49.9. The predicted octanol–water partition coefficient (Wildman–Crippen LogP) is 4.38. The first-order chi connectivity index (χ1) is 15.3. The number of nitro groups is 1. The van der Waals surface area contributed by atoms with Crippen LogP contribution in [0.5, 0.6) is 0 Å². The van der Waals surface area contributed by atoms with Gasteiger partial charge in [0, 0.05) is 21.8 Å². The van der Waals surface area contributed by atoms with Gasteiger partial charge in [0.15, 0.2) is 0 Å². The molecule has 4 atom stereocenters. The fourth-order valence-electron chi connectivity index (χ4n) is 4.09. The largest absolute Gasteiger partial charge is 0.457 e. The summed E-state index contributed by atoms with van der Waals surface area (Å²) in [5, 5.41) is 10.9. The van der Waals surface area contributed by atoms with E-state index in [4.69, 9.17) is 4.74 Å². The first-order valence-corrected chi connectivity index (χ1v) is 11.8. The molecule has 2 fully saturated rings. The highest BCUT2D eigenvalue weighted by Gasteiger charge is 2.52. The SMILES string of the molecule is O=C(OCc1cccc([N+](=O)[O-])c1)c1ccc(N2C(=O)[C@@H]3C[C@H](Br)[C@@H](Br)C[C@H]3C2=O)cc1. The van der Waals surface area contributed by atoms with E-state index in [1.165, 1.54) is 35.2 Å². The number of rotatable bonds is 5. The summed E-state index contributed by atoms with van der Waals surface area (Å²) in [5.41, 5.74) is 1.08. The molecule has 2 amide bonds. The number of carbonyl (C=O) groups is 3. The van der Waals surface area contributed by atoms with Gasteiger partial charge in [-0.2, -0.15) is 0 Å². The lowest BCUT2D eigenvalue weighted by molar-refractivity contribution is -0.384. The molecular weight excluding hydrogens is 548 g/mol. The van der Waals surface area contributed by atoms with E-state index in [9.17, 15) is 24.5 Å². The second-order valence-electron chi connectivity index (χ2n) is 7.78. The van der Waals surface area contributed by atoms with Crippen LogP contribution in [0, 0.1) is 22.0 Å². The summed E-state index contributed by atoms with van der Waals surface area (Å²) in [5.74, 6) is -1.74. The van der Waals surface area contributed by atoms with E-state index < -0.39 is 10.9 Å². The molecule has 0 radical (unpaired) electrons. The van der Waals surface area contributed by atoms with Gasteiger partial charge in [0.05, 0.1) is 28.0 Å². The number of nitrogens with zero attached hydrogens (tertiary/aromatic N) is 2. The quantitative estimate of drug-likeness (QED) is 0.175. The Morgan fingerprint density at radius 2 is 1.62 bits per heavy atom. The minimum absolute atomic E-state index is 0.0825. The number of hydrogen-bond acceptors (Lipinski definition) is 6. The Bertz CT molecular complexity index is 1060. The summed E-state index contributed by atoms with van der Waals surface area (Å²) >= 11 is 7.14. The van der Waals surface area contributed by atoms with E-state index in [-0.39, 0.29) is 51.2 Å². The highest BCUT2D eigenvalue weighted by molar-refractivity contribution is 9.12. The third kappa shape index (κ3) is 4.33. The third-order valence-electron chi connectivity index (χ3n) is 5.76. The molecule has 1 saturated heterocycles. The van der Waals surface area contributed by atoms with Gasteiger partial charge in [-0.05, 0) is 42.7 Å². The first-order valence-electron chi connectivity index (χ1n) is 9.92. The van der Waals surface area contributed by atoms with Gasteiger partial charge in [0.1, 0.15) is 6.61 Å². The van der Waals surface area contributed by atoms with Crippen molar-refractivity contribution in [3.05, 3.63) is 69.8 Å². The molecular formula is C22H18Br2N2O6. The highest BCUT2D eigenvalue weighted by atomic mass is 79.9. The van der Waals surface area contributed by atoms with Crippen LogP contribution in [0.3, 0.4) is 0 Å². The lowest BCUT2D eigenvalue weighted by atomic mass is 9.81. The number of amides is 2. The molecule has 0 spiro atoms. The van der Waals surface area contributed by atoms with E-state index in [2.05, 4.69) is 31.9 Å². The third-order valence-corrected chi connectivity index (χ3v) is 8.50. The number of fused-ring (bicyclic) bond motifs is 1. The van der Waals surface area contributed by atoms with Crippen molar-refractivity contribution in [2.24, 2.45) is 11.8 Å². The summed E-state index contributed by atoms with van der Waals surface area (Å²) in [6.45, 7) is -0.115. The van der Waals surface area contributed by atoms with Gasteiger partial charge in [-0.15, -0.1) is 0 Å². The number of esters is 1. The molecule has 0 aromatic heterocycles. The van der Waals surface area contributed by atoms with Gasteiger partial charge in [-0.1, -0.05) is 44.0 Å². The number of imide groups is 1. The molecule has 2 aromatic carbocycles. The molecule has 1 aliphatic carbocycles. The highest BCUT2D eigenvalue weighted by Crippen LogP contribution is 2.44. The maximum Gasteiger partial charge on any atom is 0.338 e. The minimum atomic E-state index is -0.611. The predicted molar refractivity (Wildman–Crippen MR) is 123 cm³/mol. The average molecular weight is 566 g/mol. The lowest BCUT2D eigenvalue weighted by Crippen LogP contribution is -2.34. The monoisotopic (exact) mass is 564 g/mol. The normalized spacial score (nSPS) is 24.9. The van der Waals surface area contributed by atoms with Crippen LogP contribution in [0.2, 0.25) is 0 Å². The van der Waals surface area contributed by atoms with E-state index in [1.807, 2.05) is 0 Å². The van der Waals surface area contributed by atoms with Crippen LogP contribution in [0.1, 0.15) is 28.8 Å². The maximum atomic E-state index is 12.9. The van der Waals surface area contributed by atoms with Crippen LogP contribution in [0.15, 0.2) is 48.5 Å². The van der Waals surface area contributed by atoms with Crippen molar-refractivity contribution in [1.29, 1.82) is 0 Å². The Morgan fingerprint density at radius 1 is 1.03 bits per heavy atom. The Morgan fingerprint density at radius 3 is 2.19 bits per heavy atom. The second-order valence-corrected chi connectivity index (χ2v) is 10.1. The van der Waals surface area contributed by atoms with Crippen LogP contribution in [-0.4, -0.2) is 32.4 Å². The summed E-state index contributed by atoms with van der Waals surface area (Å²) < 4.78 is 5.24. The molecule has 0 bridgehead atoms. The Labute approximate surface area is 200 Å². The fraction of sp³-hybridized carbons (Fsp3) is 0.318. The zero-order valence-corrected chi connectivity index (χ0v) is 19.8. The van der Waals surface area contributed by atoms with Crippen molar-refractivity contribution >= 4 is 61.0 Å². The van der Waals surface area contributed by atoms with Crippen LogP contribution < -0.4 is 4.90 Å². The van der Waals surface area contributed by atoms with Crippen LogP contribution >= 0.6 is 31.9 Å². The number of nitro benzene ring substituents is 1. The number of alkyl halides is 2. The van der Waals surface area contributed by atoms with Crippen molar-refractivity contribution in [2.75, 3.05) is 4.90 Å². The van der Waals surface area contributed by atoms with E-state index in [0.29, 0.717) is 24.1 Å². The lowest BCUT2D eigenvalue weighted by Gasteiger charge is -2.29. The molecule has 2 aromatic rings. The van der Waals surface area contributed by atoms with Crippen molar-refractivity contribution in [3.8, 4) is 0 Å². The van der Waals surface area contributed by atoms with Gasteiger partial charge in [-0.3, -0.25) is 24.6 Å². The molecule has 1 aliphatic heterocycles. The summed E-state index contributed by atoms with van der Waals surface area (Å²) in [7, 11) is 0. The molecule has 10 heteroatoms. The molecule has 8 nitrogen and oxygen atoms in total. The number of anilines is 1. The van der Waals surface area contributed by atoms with Crippen molar-refractivity contribution in [1.82, 2.24) is 0 Å². The van der Waals surface area contributed by atoms with Gasteiger partial charge < -0.3 is 4.74 Å². The van der Waals surface area contributed by atoms with Gasteiger partial charge in [-0.25, -0.2) is 4.79 Å². The zero-order chi connectivity index (χ0) is 23.0. The molecule has 0 unspecified atom stereocenters.